The zero-order valence-corrected chi connectivity index (χ0v) is 20.2. The number of guanidine groups is 1. The molecule has 2 saturated heterocycles. The fraction of sp³-hybridized carbons (Fsp3) is 0.400. The molecule has 0 aromatic heterocycles. The van der Waals surface area contributed by atoms with Crippen molar-refractivity contribution in [2.45, 2.75) is 31.6 Å². The van der Waals surface area contributed by atoms with Crippen molar-refractivity contribution in [1.82, 2.24) is 10.6 Å². The highest BCUT2D eigenvalue weighted by Gasteiger charge is 2.29. The SMILES string of the molecule is O=C(N=C1NCCN1)c1ccc(Nc2cccc(NC(=O)C3CCS(=O)(=O)CC3)c2)c(C2CC2)c1. The number of sulfone groups is 1. The van der Waals surface area contributed by atoms with Crippen LogP contribution >= 0.6 is 0 Å². The van der Waals surface area contributed by atoms with E-state index in [9.17, 15) is 18.0 Å². The van der Waals surface area contributed by atoms with E-state index >= 15 is 0 Å². The molecule has 3 aliphatic rings. The van der Waals surface area contributed by atoms with Crippen LogP contribution in [0.4, 0.5) is 17.1 Å². The van der Waals surface area contributed by atoms with Crippen LogP contribution in [0.3, 0.4) is 0 Å². The summed E-state index contributed by atoms with van der Waals surface area (Å²) < 4.78 is 23.3. The fourth-order valence-corrected chi connectivity index (χ4v) is 5.93. The third-order valence-electron chi connectivity index (χ3n) is 6.57. The van der Waals surface area contributed by atoms with Gasteiger partial charge < -0.3 is 21.3 Å². The number of aliphatic imine (C=N–C) groups is 1. The van der Waals surface area contributed by atoms with Gasteiger partial charge in [-0.3, -0.25) is 9.59 Å². The minimum Gasteiger partial charge on any atom is -0.355 e. The number of rotatable bonds is 6. The van der Waals surface area contributed by atoms with Crippen LogP contribution in [0.2, 0.25) is 0 Å². The topological polar surface area (TPSA) is 129 Å². The van der Waals surface area contributed by atoms with Crippen LogP contribution in [0, 0.1) is 5.92 Å². The molecule has 0 atom stereocenters. The van der Waals surface area contributed by atoms with Gasteiger partial charge in [0.25, 0.3) is 5.91 Å². The molecular weight excluding hydrogens is 466 g/mol. The first-order valence-corrected chi connectivity index (χ1v) is 13.8. The van der Waals surface area contributed by atoms with Gasteiger partial charge in [-0.2, -0.15) is 4.99 Å². The molecule has 0 bridgehead atoms. The molecule has 1 aliphatic carbocycles. The second-order valence-corrected chi connectivity index (χ2v) is 11.6. The lowest BCUT2D eigenvalue weighted by Gasteiger charge is -2.21. The summed E-state index contributed by atoms with van der Waals surface area (Å²) >= 11 is 0. The number of hydrogen-bond acceptors (Lipinski definition) is 5. The number of anilines is 3. The number of carbonyl (C=O) groups excluding carboxylic acids is 2. The maximum Gasteiger partial charge on any atom is 0.280 e. The van der Waals surface area contributed by atoms with E-state index in [2.05, 4.69) is 26.3 Å². The zero-order valence-electron chi connectivity index (χ0n) is 19.3. The molecule has 1 saturated carbocycles. The predicted octanol–water partition coefficient (Wildman–Crippen LogP) is 2.76. The van der Waals surface area contributed by atoms with Crippen molar-refractivity contribution < 1.29 is 18.0 Å². The molecule has 2 aromatic carbocycles. The Balaban J connectivity index is 1.28. The van der Waals surface area contributed by atoms with E-state index in [-0.39, 0.29) is 29.2 Å². The average Bonchev–Trinajstić information content (AvgIpc) is 3.55. The molecule has 0 spiro atoms. The smallest absolute Gasteiger partial charge is 0.280 e. The number of nitrogens with zero attached hydrogens (tertiary/aromatic N) is 1. The van der Waals surface area contributed by atoms with E-state index < -0.39 is 9.84 Å². The van der Waals surface area contributed by atoms with Crippen LogP contribution in [0.25, 0.3) is 0 Å². The van der Waals surface area contributed by atoms with Gasteiger partial charge in [0.2, 0.25) is 5.91 Å². The van der Waals surface area contributed by atoms with Gasteiger partial charge >= 0.3 is 0 Å². The minimum absolute atomic E-state index is 0.0643. The highest BCUT2D eigenvalue weighted by atomic mass is 32.2. The Bertz CT molecular complexity index is 1260. The number of carbonyl (C=O) groups is 2. The van der Waals surface area contributed by atoms with Crippen LogP contribution < -0.4 is 21.3 Å². The van der Waals surface area contributed by atoms with Crippen LogP contribution in [0.1, 0.15) is 47.5 Å². The van der Waals surface area contributed by atoms with Crippen LogP contribution in [0.15, 0.2) is 47.5 Å². The summed E-state index contributed by atoms with van der Waals surface area (Å²) in [6.45, 7) is 1.51. The van der Waals surface area contributed by atoms with Gasteiger partial charge in [0.1, 0.15) is 9.84 Å². The lowest BCUT2D eigenvalue weighted by molar-refractivity contribution is -0.120. The highest BCUT2D eigenvalue weighted by Crippen LogP contribution is 2.44. The molecule has 3 fully saturated rings. The monoisotopic (exact) mass is 495 g/mol. The standard InChI is InChI=1S/C25H29N5O4S/c31-23(17-8-12-35(33,34)13-9-17)29-20-3-1-2-19(15-20)28-22-7-6-18(14-21(22)16-4-5-16)24(32)30-25-26-10-11-27-25/h1-3,6-7,14-17,28H,4-5,8-13H2,(H,29,31)(H2,26,27,30,32). The molecule has 2 amide bonds. The second-order valence-electron chi connectivity index (χ2n) is 9.32. The van der Waals surface area contributed by atoms with E-state index in [1.165, 1.54) is 0 Å². The number of benzene rings is 2. The third kappa shape index (κ3) is 5.82. The molecule has 0 radical (unpaired) electrons. The molecular formula is C25H29N5O4S. The van der Waals surface area contributed by atoms with Crippen LogP contribution in [-0.4, -0.2) is 50.8 Å². The predicted molar refractivity (Wildman–Crippen MR) is 136 cm³/mol. The van der Waals surface area contributed by atoms with Crippen molar-refractivity contribution in [2.75, 3.05) is 35.2 Å². The quantitative estimate of drug-likeness (QED) is 0.485. The lowest BCUT2D eigenvalue weighted by atomic mass is 10.0. The van der Waals surface area contributed by atoms with E-state index in [0.29, 0.717) is 36.0 Å². The first kappa shape index (κ1) is 23.3. The molecule has 2 aromatic rings. The van der Waals surface area contributed by atoms with E-state index in [1.54, 1.807) is 6.07 Å². The molecule has 0 unspecified atom stereocenters. The van der Waals surface area contributed by atoms with E-state index in [4.69, 9.17) is 0 Å². The molecule has 5 rings (SSSR count). The maximum atomic E-state index is 12.6. The number of amides is 2. The van der Waals surface area contributed by atoms with Crippen LogP contribution in [0.5, 0.6) is 0 Å². The molecule has 2 aliphatic heterocycles. The Kier molecular flexibility index (Phi) is 6.46. The second kappa shape index (κ2) is 9.69. The van der Waals surface area contributed by atoms with Gasteiger partial charge in [-0.1, -0.05) is 6.07 Å². The average molecular weight is 496 g/mol. The first-order valence-electron chi connectivity index (χ1n) is 12.0. The summed E-state index contributed by atoms with van der Waals surface area (Å²) in [5.41, 5.74) is 4.03. The van der Waals surface area contributed by atoms with Crippen LogP contribution in [-0.2, 0) is 14.6 Å². The third-order valence-corrected chi connectivity index (χ3v) is 8.29. The normalized spacial score (nSPS) is 19.4. The van der Waals surface area contributed by atoms with Crippen molar-refractivity contribution in [3.63, 3.8) is 0 Å². The van der Waals surface area contributed by atoms with Gasteiger partial charge in [-0.15, -0.1) is 0 Å². The van der Waals surface area contributed by atoms with Gasteiger partial charge in [0.05, 0.1) is 11.5 Å². The Morgan fingerprint density at radius 2 is 1.63 bits per heavy atom. The molecule has 4 N–H and O–H groups in total. The van der Waals surface area contributed by atoms with Crippen molar-refractivity contribution in [3.8, 4) is 0 Å². The summed E-state index contributed by atoms with van der Waals surface area (Å²) in [5.74, 6) is 0.329. The van der Waals surface area contributed by atoms with Crippen molar-refractivity contribution >= 4 is 44.7 Å². The molecule has 184 valence electrons. The Hall–Kier alpha value is -3.40. The summed E-state index contributed by atoms with van der Waals surface area (Å²) in [7, 11) is -3.01. The lowest BCUT2D eigenvalue weighted by Crippen LogP contribution is -2.31. The van der Waals surface area contributed by atoms with Crippen molar-refractivity contribution in [2.24, 2.45) is 10.9 Å². The minimum atomic E-state index is -3.01. The molecule has 2 heterocycles. The summed E-state index contributed by atoms with van der Waals surface area (Å²) in [4.78, 5) is 29.4. The van der Waals surface area contributed by atoms with Gasteiger partial charge in [0, 0.05) is 41.6 Å². The largest absolute Gasteiger partial charge is 0.355 e. The fourth-order valence-electron chi connectivity index (χ4n) is 4.44. The van der Waals surface area contributed by atoms with Gasteiger partial charge in [-0.25, -0.2) is 8.42 Å². The molecule has 35 heavy (non-hydrogen) atoms. The highest BCUT2D eigenvalue weighted by molar-refractivity contribution is 7.91. The van der Waals surface area contributed by atoms with Crippen molar-refractivity contribution in [1.29, 1.82) is 0 Å². The number of nitrogens with one attached hydrogen (secondary N) is 4. The van der Waals surface area contributed by atoms with Gasteiger partial charge in [0.15, 0.2) is 5.96 Å². The maximum absolute atomic E-state index is 12.6. The summed E-state index contributed by atoms with van der Waals surface area (Å²) in [6, 6.07) is 13.1. The van der Waals surface area contributed by atoms with E-state index in [0.717, 1.165) is 42.9 Å². The molecule has 9 nitrogen and oxygen atoms in total. The zero-order chi connectivity index (χ0) is 24.4. The van der Waals surface area contributed by atoms with Gasteiger partial charge in [-0.05, 0) is 73.6 Å². The van der Waals surface area contributed by atoms with E-state index in [1.807, 2.05) is 36.4 Å². The Morgan fingerprint density at radius 3 is 2.34 bits per heavy atom. The Morgan fingerprint density at radius 1 is 0.914 bits per heavy atom. The molecule has 10 heteroatoms. The van der Waals surface area contributed by atoms with Crippen molar-refractivity contribution in [3.05, 3.63) is 53.6 Å². The first-order chi connectivity index (χ1) is 16.9. The summed E-state index contributed by atoms with van der Waals surface area (Å²) in [5, 5.41) is 12.4. The Labute approximate surface area is 204 Å². The summed E-state index contributed by atoms with van der Waals surface area (Å²) in [6.07, 6.45) is 2.88. The number of hydrogen-bond donors (Lipinski definition) is 4.